The fourth-order valence-electron chi connectivity index (χ4n) is 2.99. The van der Waals surface area contributed by atoms with Gasteiger partial charge in [0.15, 0.2) is 6.10 Å². The summed E-state index contributed by atoms with van der Waals surface area (Å²) < 4.78 is 6.05. The molecule has 0 fully saturated rings. The third-order valence-electron chi connectivity index (χ3n) is 5.15. The molecule has 2 unspecified atom stereocenters. The number of carbonyl (C=O) groups excluding carboxylic acids is 1. The number of rotatable bonds is 7. The second kappa shape index (κ2) is 8.88. The predicted molar refractivity (Wildman–Crippen MR) is 108 cm³/mol. The van der Waals surface area contributed by atoms with Crippen molar-refractivity contribution in [2.24, 2.45) is 0 Å². The number of ether oxygens (including phenoxy) is 1. The van der Waals surface area contributed by atoms with Crippen LogP contribution in [0.4, 0.5) is 0 Å². The maximum absolute atomic E-state index is 12.8. The van der Waals surface area contributed by atoms with Crippen LogP contribution in [0.25, 0.3) is 0 Å². The molecule has 0 aliphatic carbocycles. The Morgan fingerprint density at radius 1 is 0.962 bits per heavy atom. The smallest absolute Gasteiger partial charge is 0.261 e. The molecule has 0 aliphatic rings. The van der Waals surface area contributed by atoms with Gasteiger partial charge in [-0.05, 0) is 74.4 Å². The van der Waals surface area contributed by atoms with Crippen LogP contribution < -0.4 is 10.1 Å². The van der Waals surface area contributed by atoms with Gasteiger partial charge in [0.25, 0.3) is 5.91 Å². The van der Waals surface area contributed by atoms with Crippen LogP contribution in [0.1, 0.15) is 60.5 Å². The van der Waals surface area contributed by atoms with Crippen molar-refractivity contribution in [3.63, 3.8) is 0 Å². The molecule has 0 saturated carbocycles. The van der Waals surface area contributed by atoms with Crippen LogP contribution in [-0.2, 0) is 4.79 Å². The molecule has 0 saturated heterocycles. The van der Waals surface area contributed by atoms with E-state index in [1.165, 1.54) is 16.7 Å². The molecular formula is C23H31NO2. The number of hydrogen-bond donors (Lipinski definition) is 1. The van der Waals surface area contributed by atoms with Crippen LogP contribution in [0.3, 0.4) is 0 Å². The third kappa shape index (κ3) is 4.66. The van der Waals surface area contributed by atoms with Crippen molar-refractivity contribution in [1.82, 2.24) is 5.32 Å². The molecule has 140 valence electrons. The van der Waals surface area contributed by atoms with E-state index in [2.05, 4.69) is 57.3 Å². The van der Waals surface area contributed by atoms with Gasteiger partial charge in [-0.3, -0.25) is 4.79 Å². The lowest BCUT2D eigenvalue weighted by atomic mass is 9.99. The molecular weight excluding hydrogens is 322 g/mol. The largest absolute Gasteiger partial charge is 0.480 e. The number of carbonyl (C=O) groups is 1. The first-order valence-corrected chi connectivity index (χ1v) is 9.47. The van der Waals surface area contributed by atoms with Crippen molar-refractivity contribution in [1.29, 1.82) is 0 Å². The van der Waals surface area contributed by atoms with Gasteiger partial charge in [-0.15, -0.1) is 0 Å². The van der Waals surface area contributed by atoms with Crippen molar-refractivity contribution < 1.29 is 9.53 Å². The molecule has 3 heteroatoms. The fraction of sp³-hybridized carbons (Fsp3) is 0.435. The Bertz CT molecular complexity index is 767. The SMILES string of the molecule is CCC(Oc1cccc(C)c1C)C(=O)NC(CC)c1ccc(C)c(C)c1. The Labute approximate surface area is 157 Å². The first kappa shape index (κ1) is 20.0. The number of hydrogen-bond acceptors (Lipinski definition) is 2. The highest BCUT2D eigenvalue weighted by Crippen LogP contribution is 2.24. The molecule has 26 heavy (non-hydrogen) atoms. The van der Waals surface area contributed by atoms with Gasteiger partial charge in [-0.25, -0.2) is 0 Å². The lowest BCUT2D eigenvalue weighted by Gasteiger charge is -2.23. The van der Waals surface area contributed by atoms with Gasteiger partial charge >= 0.3 is 0 Å². The molecule has 1 N–H and O–H groups in total. The van der Waals surface area contributed by atoms with E-state index in [-0.39, 0.29) is 11.9 Å². The Morgan fingerprint density at radius 2 is 1.69 bits per heavy atom. The van der Waals surface area contributed by atoms with Crippen molar-refractivity contribution in [3.05, 3.63) is 64.2 Å². The van der Waals surface area contributed by atoms with Gasteiger partial charge in [0.1, 0.15) is 5.75 Å². The third-order valence-corrected chi connectivity index (χ3v) is 5.15. The summed E-state index contributed by atoms with van der Waals surface area (Å²) in [6.45, 7) is 12.4. The molecule has 0 aromatic heterocycles. The molecule has 2 atom stereocenters. The highest BCUT2D eigenvalue weighted by Gasteiger charge is 2.22. The number of nitrogens with one attached hydrogen (secondary N) is 1. The first-order chi connectivity index (χ1) is 12.4. The lowest BCUT2D eigenvalue weighted by Crippen LogP contribution is -2.40. The van der Waals surface area contributed by atoms with Crippen LogP contribution >= 0.6 is 0 Å². The van der Waals surface area contributed by atoms with Gasteiger partial charge in [-0.2, -0.15) is 0 Å². The van der Waals surface area contributed by atoms with Crippen molar-refractivity contribution in [3.8, 4) is 5.75 Å². The van der Waals surface area contributed by atoms with Gasteiger partial charge < -0.3 is 10.1 Å². The standard InChI is InChI=1S/C23H31NO2/c1-7-20(19-13-12-15(3)17(5)14-19)24-23(25)21(8-2)26-22-11-9-10-16(4)18(22)6/h9-14,20-21H,7-8H2,1-6H3,(H,24,25). The Kier molecular flexibility index (Phi) is 6.84. The van der Waals surface area contributed by atoms with E-state index in [0.29, 0.717) is 6.42 Å². The predicted octanol–water partition coefficient (Wildman–Crippen LogP) is 5.35. The summed E-state index contributed by atoms with van der Waals surface area (Å²) in [5.74, 6) is 0.727. The summed E-state index contributed by atoms with van der Waals surface area (Å²) in [7, 11) is 0. The molecule has 0 aliphatic heterocycles. The zero-order valence-electron chi connectivity index (χ0n) is 16.8. The summed E-state index contributed by atoms with van der Waals surface area (Å²) in [5.41, 5.74) is 5.90. The van der Waals surface area contributed by atoms with E-state index in [1.54, 1.807) is 0 Å². The number of aryl methyl sites for hydroxylation is 3. The summed E-state index contributed by atoms with van der Waals surface area (Å²) in [4.78, 5) is 12.8. The van der Waals surface area contributed by atoms with Gasteiger partial charge in [-0.1, -0.05) is 44.2 Å². The second-order valence-electron chi connectivity index (χ2n) is 7.03. The molecule has 0 bridgehead atoms. The number of amides is 1. The topological polar surface area (TPSA) is 38.3 Å². The van der Waals surface area contributed by atoms with Crippen molar-refractivity contribution in [2.45, 2.75) is 66.5 Å². The lowest BCUT2D eigenvalue weighted by molar-refractivity contribution is -0.129. The second-order valence-corrected chi connectivity index (χ2v) is 7.03. The van der Waals surface area contributed by atoms with Gasteiger partial charge in [0.2, 0.25) is 0 Å². The van der Waals surface area contributed by atoms with Crippen LogP contribution in [0.15, 0.2) is 36.4 Å². The molecule has 2 aromatic rings. The van der Waals surface area contributed by atoms with Gasteiger partial charge in [0.05, 0.1) is 6.04 Å². The molecule has 0 spiro atoms. The average molecular weight is 354 g/mol. The number of benzene rings is 2. The minimum Gasteiger partial charge on any atom is -0.480 e. The van der Waals surface area contributed by atoms with Crippen LogP contribution in [-0.4, -0.2) is 12.0 Å². The zero-order valence-corrected chi connectivity index (χ0v) is 16.8. The Balaban J connectivity index is 2.13. The van der Waals surface area contributed by atoms with E-state index in [9.17, 15) is 4.79 Å². The molecule has 2 aromatic carbocycles. The zero-order chi connectivity index (χ0) is 19.3. The average Bonchev–Trinajstić information content (AvgIpc) is 2.63. The first-order valence-electron chi connectivity index (χ1n) is 9.47. The minimum absolute atomic E-state index is 0.00180. The maximum Gasteiger partial charge on any atom is 0.261 e. The van der Waals surface area contributed by atoms with Gasteiger partial charge in [0, 0.05) is 0 Å². The van der Waals surface area contributed by atoms with E-state index in [0.717, 1.165) is 23.3 Å². The molecule has 2 rings (SSSR count). The summed E-state index contributed by atoms with van der Waals surface area (Å²) >= 11 is 0. The monoisotopic (exact) mass is 353 g/mol. The molecule has 1 amide bonds. The highest BCUT2D eigenvalue weighted by molar-refractivity contribution is 5.81. The fourth-order valence-corrected chi connectivity index (χ4v) is 2.99. The van der Waals surface area contributed by atoms with E-state index < -0.39 is 6.10 Å². The Morgan fingerprint density at radius 3 is 2.31 bits per heavy atom. The normalized spacial score (nSPS) is 13.2. The van der Waals surface area contributed by atoms with Crippen LogP contribution in [0.5, 0.6) is 5.75 Å². The Hall–Kier alpha value is -2.29. The van der Waals surface area contributed by atoms with Crippen LogP contribution in [0, 0.1) is 27.7 Å². The maximum atomic E-state index is 12.8. The highest BCUT2D eigenvalue weighted by atomic mass is 16.5. The summed E-state index contributed by atoms with van der Waals surface area (Å²) in [5, 5.41) is 3.17. The van der Waals surface area contributed by atoms with Crippen molar-refractivity contribution in [2.75, 3.05) is 0 Å². The summed E-state index contributed by atoms with van der Waals surface area (Å²) in [6, 6.07) is 12.3. The summed E-state index contributed by atoms with van der Waals surface area (Å²) in [6.07, 6.45) is 0.979. The quantitative estimate of drug-likeness (QED) is 0.729. The van der Waals surface area contributed by atoms with E-state index in [1.807, 2.05) is 26.0 Å². The molecule has 3 nitrogen and oxygen atoms in total. The van der Waals surface area contributed by atoms with E-state index in [4.69, 9.17) is 4.74 Å². The van der Waals surface area contributed by atoms with E-state index >= 15 is 0 Å². The minimum atomic E-state index is -0.490. The van der Waals surface area contributed by atoms with Crippen LogP contribution in [0.2, 0.25) is 0 Å². The van der Waals surface area contributed by atoms with Crippen molar-refractivity contribution >= 4 is 5.91 Å². The molecule has 0 heterocycles. The molecule has 0 radical (unpaired) electrons.